The van der Waals surface area contributed by atoms with Crippen molar-refractivity contribution in [1.82, 2.24) is 10.2 Å². The minimum atomic E-state index is -4.13. The maximum atomic E-state index is 12.5. The first kappa shape index (κ1) is 10.8. The lowest BCUT2D eigenvalue weighted by atomic mass is 9.97. The van der Waals surface area contributed by atoms with E-state index >= 15 is 0 Å². The van der Waals surface area contributed by atoms with Gasteiger partial charge in [0.2, 0.25) is 0 Å². The largest absolute Gasteiger partial charge is 0.405 e. The highest BCUT2D eigenvalue weighted by atomic mass is 19.4. The Morgan fingerprint density at radius 2 is 1.92 bits per heavy atom. The van der Waals surface area contributed by atoms with E-state index in [2.05, 4.69) is 5.32 Å². The van der Waals surface area contributed by atoms with E-state index in [0.29, 0.717) is 13.0 Å². The van der Waals surface area contributed by atoms with E-state index in [1.165, 1.54) is 0 Å². The Balaban J connectivity index is 2.67. The zero-order valence-corrected chi connectivity index (χ0v) is 7.86. The normalized spacial score (nSPS) is 30.9. The highest BCUT2D eigenvalue weighted by Crippen LogP contribution is 2.28. The summed E-state index contributed by atoms with van der Waals surface area (Å²) in [6.45, 7) is 0.467. The maximum Gasteiger partial charge on any atom is 0.405 e. The summed E-state index contributed by atoms with van der Waals surface area (Å²) < 4.78 is 37.4. The topological polar surface area (TPSA) is 15.3 Å². The van der Waals surface area contributed by atoms with Crippen LogP contribution in [-0.4, -0.2) is 43.8 Å². The van der Waals surface area contributed by atoms with Crippen LogP contribution in [0.15, 0.2) is 0 Å². The van der Waals surface area contributed by atoms with Gasteiger partial charge in [-0.2, -0.15) is 13.2 Å². The lowest BCUT2D eigenvalue weighted by Crippen LogP contribution is -2.58. The maximum absolute atomic E-state index is 12.5. The van der Waals surface area contributed by atoms with Crippen LogP contribution in [-0.2, 0) is 0 Å². The van der Waals surface area contributed by atoms with Crippen molar-refractivity contribution in [3.8, 4) is 0 Å². The third kappa shape index (κ3) is 2.57. The van der Waals surface area contributed by atoms with Gasteiger partial charge >= 0.3 is 6.18 Å². The van der Waals surface area contributed by atoms with Crippen molar-refractivity contribution in [2.75, 3.05) is 20.6 Å². The Morgan fingerprint density at radius 1 is 1.31 bits per heavy atom. The van der Waals surface area contributed by atoms with E-state index in [1.54, 1.807) is 19.0 Å². The molecular formula is C8H15F3N2. The molecule has 0 aromatic heterocycles. The van der Waals surface area contributed by atoms with Gasteiger partial charge < -0.3 is 10.2 Å². The molecule has 78 valence electrons. The van der Waals surface area contributed by atoms with Crippen molar-refractivity contribution < 1.29 is 13.2 Å². The standard InChI is InChI=1S/C8H15F3N2/c1-13(2)6-4-3-5-12-7(6)8(9,10)11/h6-7,12H,3-5H2,1-2H3/t6-,7-/m0/s1. The second-order valence-electron chi connectivity index (χ2n) is 3.65. The number of piperidine rings is 1. The number of rotatable bonds is 1. The SMILES string of the molecule is CN(C)[C@H]1CCCN[C@@H]1C(F)(F)F. The lowest BCUT2D eigenvalue weighted by Gasteiger charge is -2.37. The van der Waals surface area contributed by atoms with Crippen molar-refractivity contribution in [3.05, 3.63) is 0 Å². The summed E-state index contributed by atoms with van der Waals surface area (Å²) in [5, 5.41) is 2.52. The molecule has 0 saturated carbocycles. The molecule has 1 N–H and O–H groups in total. The molecule has 0 aromatic rings. The number of hydrogen-bond acceptors (Lipinski definition) is 2. The number of alkyl halides is 3. The van der Waals surface area contributed by atoms with E-state index in [1.807, 2.05) is 0 Å². The van der Waals surface area contributed by atoms with E-state index in [-0.39, 0.29) is 0 Å². The molecule has 1 heterocycles. The first-order chi connectivity index (χ1) is 5.93. The van der Waals surface area contributed by atoms with E-state index in [0.717, 1.165) is 6.42 Å². The molecule has 1 saturated heterocycles. The van der Waals surface area contributed by atoms with Gasteiger partial charge in [0.15, 0.2) is 0 Å². The minimum absolute atomic E-state index is 0.422. The van der Waals surface area contributed by atoms with E-state index in [9.17, 15) is 13.2 Å². The van der Waals surface area contributed by atoms with Crippen LogP contribution in [0, 0.1) is 0 Å². The lowest BCUT2D eigenvalue weighted by molar-refractivity contribution is -0.173. The molecule has 2 atom stereocenters. The van der Waals surface area contributed by atoms with Crippen molar-refractivity contribution in [1.29, 1.82) is 0 Å². The van der Waals surface area contributed by atoms with Crippen LogP contribution in [0.2, 0.25) is 0 Å². The molecule has 0 radical (unpaired) electrons. The molecule has 13 heavy (non-hydrogen) atoms. The predicted molar refractivity (Wildman–Crippen MR) is 44.6 cm³/mol. The van der Waals surface area contributed by atoms with Crippen LogP contribution in [0.1, 0.15) is 12.8 Å². The molecule has 1 fully saturated rings. The Bertz CT molecular complexity index is 167. The number of hydrogen-bond donors (Lipinski definition) is 1. The number of halogens is 3. The van der Waals surface area contributed by atoms with Crippen molar-refractivity contribution in [3.63, 3.8) is 0 Å². The smallest absolute Gasteiger partial charge is 0.305 e. The highest BCUT2D eigenvalue weighted by molar-refractivity contribution is 4.91. The monoisotopic (exact) mass is 196 g/mol. The first-order valence-electron chi connectivity index (χ1n) is 4.39. The van der Waals surface area contributed by atoms with Gasteiger partial charge in [0.1, 0.15) is 6.04 Å². The fourth-order valence-corrected chi connectivity index (χ4v) is 1.76. The zero-order chi connectivity index (χ0) is 10.1. The molecule has 5 heteroatoms. The van der Waals surface area contributed by atoms with Gasteiger partial charge in [-0.05, 0) is 33.5 Å². The fraction of sp³-hybridized carbons (Fsp3) is 1.00. The van der Waals surface area contributed by atoms with Gasteiger partial charge in [-0.1, -0.05) is 0 Å². The van der Waals surface area contributed by atoms with Crippen LogP contribution >= 0.6 is 0 Å². The molecule has 1 rings (SSSR count). The molecule has 0 unspecified atom stereocenters. The number of likely N-dealkylation sites (N-methyl/N-ethyl adjacent to an activating group) is 1. The first-order valence-corrected chi connectivity index (χ1v) is 4.39. The summed E-state index contributed by atoms with van der Waals surface area (Å²) in [5.74, 6) is 0. The highest BCUT2D eigenvalue weighted by Gasteiger charge is 2.46. The quantitative estimate of drug-likeness (QED) is 0.678. The fourth-order valence-electron chi connectivity index (χ4n) is 1.76. The van der Waals surface area contributed by atoms with Crippen LogP contribution < -0.4 is 5.32 Å². The summed E-state index contributed by atoms with van der Waals surface area (Å²) in [7, 11) is 3.38. The Labute approximate surface area is 76.1 Å². The molecule has 0 amide bonds. The average molecular weight is 196 g/mol. The summed E-state index contributed by atoms with van der Waals surface area (Å²) >= 11 is 0. The van der Waals surface area contributed by atoms with Gasteiger partial charge in [-0.15, -0.1) is 0 Å². The second-order valence-corrected chi connectivity index (χ2v) is 3.65. The Hall–Kier alpha value is -0.290. The average Bonchev–Trinajstić information content (AvgIpc) is 2.03. The third-order valence-electron chi connectivity index (χ3n) is 2.44. The van der Waals surface area contributed by atoms with Crippen LogP contribution in [0.4, 0.5) is 13.2 Å². The predicted octanol–water partition coefficient (Wildman–Crippen LogP) is 1.23. The zero-order valence-electron chi connectivity index (χ0n) is 7.86. The minimum Gasteiger partial charge on any atom is -0.305 e. The number of nitrogens with zero attached hydrogens (tertiary/aromatic N) is 1. The molecule has 0 bridgehead atoms. The van der Waals surface area contributed by atoms with Crippen molar-refractivity contribution >= 4 is 0 Å². The molecule has 2 nitrogen and oxygen atoms in total. The van der Waals surface area contributed by atoms with Crippen LogP contribution in [0.25, 0.3) is 0 Å². The summed E-state index contributed by atoms with van der Waals surface area (Å²) in [5.41, 5.74) is 0. The van der Waals surface area contributed by atoms with Crippen molar-refractivity contribution in [2.45, 2.75) is 31.1 Å². The van der Waals surface area contributed by atoms with Gasteiger partial charge in [-0.3, -0.25) is 0 Å². The van der Waals surface area contributed by atoms with Gasteiger partial charge in [0.25, 0.3) is 0 Å². The molecule has 1 aliphatic heterocycles. The van der Waals surface area contributed by atoms with E-state index < -0.39 is 18.3 Å². The molecule has 0 aromatic carbocycles. The Morgan fingerprint density at radius 3 is 2.31 bits per heavy atom. The van der Waals surface area contributed by atoms with Gasteiger partial charge in [0, 0.05) is 6.04 Å². The van der Waals surface area contributed by atoms with Crippen molar-refractivity contribution in [2.24, 2.45) is 0 Å². The Kier molecular flexibility index (Phi) is 3.18. The second kappa shape index (κ2) is 3.84. The van der Waals surface area contributed by atoms with Gasteiger partial charge in [-0.25, -0.2) is 0 Å². The van der Waals surface area contributed by atoms with Gasteiger partial charge in [0.05, 0.1) is 0 Å². The summed E-state index contributed by atoms with van der Waals surface area (Å²) in [6, 6.07) is -1.79. The summed E-state index contributed by atoms with van der Waals surface area (Å²) in [4.78, 5) is 1.64. The van der Waals surface area contributed by atoms with E-state index in [4.69, 9.17) is 0 Å². The molecule has 1 aliphatic rings. The third-order valence-corrected chi connectivity index (χ3v) is 2.44. The number of nitrogens with one attached hydrogen (secondary N) is 1. The summed E-state index contributed by atoms with van der Waals surface area (Å²) in [6.07, 6.45) is -2.70. The molecule has 0 spiro atoms. The van der Waals surface area contributed by atoms with Crippen LogP contribution in [0.5, 0.6) is 0 Å². The molecule has 0 aliphatic carbocycles. The van der Waals surface area contributed by atoms with Crippen LogP contribution in [0.3, 0.4) is 0 Å². The molecular weight excluding hydrogens is 181 g/mol.